The summed E-state index contributed by atoms with van der Waals surface area (Å²) in [6, 6.07) is 0. The third kappa shape index (κ3) is 1.89. The van der Waals surface area contributed by atoms with E-state index < -0.39 is 5.54 Å². The minimum atomic E-state index is -0.748. The van der Waals surface area contributed by atoms with Crippen molar-refractivity contribution in [1.82, 2.24) is 0 Å². The predicted octanol–water partition coefficient (Wildman–Crippen LogP) is 0.479. The molecule has 0 saturated heterocycles. The van der Waals surface area contributed by atoms with Gasteiger partial charge in [0.25, 0.3) is 0 Å². The van der Waals surface area contributed by atoms with E-state index >= 15 is 0 Å². The fourth-order valence-electron chi connectivity index (χ4n) is 0.263. The van der Waals surface area contributed by atoms with Gasteiger partial charge in [0, 0.05) is 0 Å². The molecule has 0 amide bonds. The van der Waals surface area contributed by atoms with Gasteiger partial charge in [-0.25, -0.2) is 0 Å². The summed E-state index contributed by atoms with van der Waals surface area (Å²) >= 11 is 0. The molecule has 0 aliphatic rings. The summed E-state index contributed by atoms with van der Waals surface area (Å²) in [7, 11) is 0. The maximum absolute atomic E-state index is 10.6. The van der Waals surface area contributed by atoms with Gasteiger partial charge in [-0.2, -0.15) is 0 Å². The first-order valence-corrected chi connectivity index (χ1v) is 2.44. The van der Waals surface area contributed by atoms with Gasteiger partial charge >= 0.3 is 0 Å². The Labute approximate surface area is 49.4 Å². The molecule has 0 heterocycles. The molecule has 0 aromatic rings. The fraction of sp³-hybridized carbons (Fsp3) is 0.500. The molecule has 2 heteroatoms. The molecule has 46 valence electrons. The first-order chi connectivity index (χ1) is 3.48. The van der Waals surface area contributed by atoms with Crippen LogP contribution in [0.25, 0.3) is 0 Å². The number of rotatable bonds is 2. The quantitative estimate of drug-likeness (QED) is 0.529. The van der Waals surface area contributed by atoms with Gasteiger partial charge in [-0.15, -0.1) is 0 Å². The lowest BCUT2D eigenvalue weighted by Crippen LogP contribution is -2.40. The van der Waals surface area contributed by atoms with E-state index in [1.165, 1.54) is 6.08 Å². The zero-order valence-corrected chi connectivity index (χ0v) is 5.27. The molecule has 0 radical (unpaired) electrons. The monoisotopic (exact) mass is 113 g/mol. The van der Waals surface area contributed by atoms with Crippen molar-refractivity contribution in [3.05, 3.63) is 12.7 Å². The third-order valence-corrected chi connectivity index (χ3v) is 0.820. The largest absolute Gasteiger partial charge is 0.319 e. The summed E-state index contributed by atoms with van der Waals surface area (Å²) in [6.45, 7) is 6.60. The highest BCUT2D eigenvalue weighted by molar-refractivity contribution is 5.96. The summed E-state index contributed by atoms with van der Waals surface area (Å²) in [4.78, 5) is 10.6. The number of ketones is 1. The van der Waals surface area contributed by atoms with Gasteiger partial charge in [0.05, 0.1) is 5.54 Å². The summed E-state index contributed by atoms with van der Waals surface area (Å²) in [5, 5.41) is 0. The molecule has 0 bridgehead atoms. The van der Waals surface area contributed by atoms with Gasteiger partial charge in [-0.05, 0) is 19.9 Å². The number of carbonyl (C=O) groups is 1. The summed E-state index contributed by atoms with van der Waals surface area (Å²) in [5.74, 6) is -0.127. The fourth-order valence-corrected chi connectivity index (χ4v) is 0.263. The van der Waals surface area contributed by atoms with Crippen molar-refractivity contribution in [2.24, 2.45) is 5.73 Å². The zero-order valence-electron chi connectivity index (χ0n) is 5.27. The second kappa shape index (κ2) is 2.09. The molecule has 0 aromatic carbocycles. The molecule has 0 aliphatic heterocycles. The molecular formula is C6H11NO. The van der Waals surface area contributed by atoms with Gasteiger partial charge in [-0.3, -0.25) is 4.79 Å². The van der Waals surface area contributed by atoms with Crippen molar-refractivity contribution >= 4 is 5.78 Å². The predicted molar refractivity (Wildman–Crippen MR) is 33.5 cm³/mol. The first-order valence-electron chi connectivity index (χ1n) is 2.44. The second-order valence-corrected chi connectivity index (χ2v) is 2.29. The van der Waals surface area contributed by atoms with Crippen molar-refractivity contribution < 1.29 is 4.79 Å². The molecule has 0 aliphatic carbocycles. The van der Waals surface area contributed by atoms with Gasteiger partial charge in [0.15, 0.2) is 5.78 Å². The van der Waals surface area contributed by atoms with Gasteiger partial charge in [0.2, 0.25) is 0 Å². The minimum Gasteiger partial charge on any atom is -0.319 e. The van der Waals surface area contributed by atoms with Crippen molar-refractivity contribution in [2.45, 2.75) is 19.4 Å². The minimum absolute atomic E-state index is 0.127. The van der Waals surface area contributed by atoms with E-state index in [1.807, 2.05) is 0 Å². The highest BCUT2D eigenvalue weighted by Gasteiger charge is 2.17. The van der Waals surface area contributed by atoms with E-state index in [4.69, 9.17) is 5.73 Å². The van der Waals surface area contributed by atoms with Crippen LogP contribution in [0.2, 0.25) is 0 Å². The Hall–Kier alpha value is -0.630. The highest BCUT2D eigenvalue weighted by atomic mass is 16.1. The van der Waals surface area contributed by atoms with E-state index in [0.29, 0.717) is 0 Å². The zero-order chi connectivity index (χ0) is 6.78. The Morgan fingerprint density at radius 2 is 2.12 bits per heavy atom. The highest BCUT2D eigenvalue weighted by Crippen LogP contribution is 1.97. The summed E-state index contributed by atoms with van der Waals surface area (Å²) in [5.41, 5.74) is 4.62. The van der Waals surface area contributed by atoms with E-state index in [2.05, 4.69) is 6.58 Å². The lowest BCUT2D eigenvalue weighted by molar-refractivity contribution is -0.118. The molecule has 0 rings (SSSR count). The van der Waals surface area contributed by atoms with Crippen LogP contribution in [0, 0.1) is 0 Å². The Bertz CT molecular complexity index is 110. The Morgan fingerprint density at radius 3 is 2.12 bits per heavy atom. The van der Waals surface area contributed by atoms with Crippen LogP contribution in [-0.2, 0) is 4.79 Å². The van der Waals surface area contributed by atoms with Crippen molar-refractivity contribution in [3.8, 4) is 0 Å². The molecule has 2 N–H and O–H groups in total. The van der Waals surface area contributed by atoms with E-state index in [1.54, 1.807) is 13.8 Å². The van der Waals surface area contributed by atoms with Gasteiger partial charge in [-0.1, -0.05) is 6.58 Å². The number of nitrogens with two attached hydrogens (primary N) is 1. The third-order valence-electron chi connectivity index (χ3n) is 0.820. The second-order valence-electron chi connectivity index (χ2n) is 2.29. The standard InChI is InChI=1S/C6H11NO/c1-4-5(8)6(2,3)7/h4H,1,7H2,2-3H3. The lowest BCUT2D eigenvalue weighted by Gasteiger charge is -2.12. The molecule has 8 heavy (non-hydrogen) atoms. The topological polar surface area (TPSA) is 43.1 Å². The molecule has 2 nitrogen and oxygen atoms in total. The van der Waals surface area contributed by atoms with Gasteiger partial charge in [0.1, 0.15) is 0 Å². The van der Waals surface area contributed by atoms with Crippen molar-refractivity contribution in [3.63, 3.8) is 0 Å². The number of carbonyl (C=O) groups excluding carboxylic acids is 1. The van der Waals surface area contributed by atoms with Crippen LogP contribution < -0.4 is 5.73 Å². The molecule has 0 aromatic heterocycles. The molecule has 0 atom stereocenters. The Kier molecular flexibility index (Phi) is 1.93. The maximum atomic E-state index is 10.6. The number of hydrogen-bond acceptors (Lipinski definition) is 2. The SMILES string of the molecule is C=CC(=O)C(C)(C)N. The van der Waals surface area contributed by atoms with Crippen LogP contribution in [0.3, 0.4) is 0 Å². The van der Waals surface area contributed by atoms with Crippen LogP contribution in [-0.4, -0.2) is 11.3 Å². The van der Waals surface area contributed by atoms with Crippen LogP contribution in [0.1, 0.15) is 13.8 Å². The van der Waals surface area contributed by atoms with Crippen LogP contribution >= 0.6 is 0 Å². The summed E-state index contributed by atoms with van der Waals surface area (Å²) < 4.78 is 0. The van der Waals surface area contributed by atoms with Crippen LogP contribution in [0.15, 0.2) is 12.7 Å². The molecule has 0 unspecified atom stereocenters. The van der Waals surface area contributed by atoms with Gasteiger partial charge < -0.3 is 5.73 Å². The lowest BCUT2D eigenvalue weighted by atomic mass is 10.0. The Morgan fingerprint density at radius 1 is 1.75 bits per heavy atom. The number of hydrogen-bond donors (Lipinski definition) is 1. The smallest absolute Gasteiger partial charge is 0.174 e. The molecule has 0 fully saturated rings. The average Bonchev–Trinajstić information content (AvgIpc) is 1.62. The molecular weight excluding hydrogens is 102 g/mol. The van der Waals surface area contributed by atoms with E-state index in [-0.39, 0.29) is 5.78 Å². The van der Waals surface area contributed by atoms with E-state index in [9.17, 15) is 4.79 Å². The molecule has 0 saturated carbocycles. The van der Waals surface area contributed by atoms with Crippen LogP contribution in [0.4, 0.5) is 0 Å². The van der Waals surface area contributed by atoms with Crippen molar-refractivity contribution in [2.75, 3.05) is 0 Å². The summed E-state index contributed by atoms with van der Waals surface area (Å²) in [6.07, 6.45) is 1.24. The molecule has 0 spiro atoms. The van der Waals surface area contributed by atoms with Crippen LogP contribution in [0.5, 0.6) is 0 Å². The normalized spacial score (nSPS) is 10.9. The van der Waals surface area contributed by atoms with E-state index in [0.717, 1.165) is 0 Å². The first kappa shape index (κ1) is 7.37. The Balaban J connectivity index is 4.02. The average molecular weight is 113 g/mol. The maximum Gasteiger partial charge on any atom is 0.174 e. The van der Waals surface area contributed by atoms with Crippen molar-refractivity contribution in [1.29, 1.82) is 0 Å².